The van der Waals surface area contributed by atoms with Crippen LogP contribution in [0.3, 0.4) is 0 Å². The molecule has 0 fully saturated rings. The van der Waals surface area contributed by atoms with Gasteiger partial charge in [0.2, 0.25) is 0 Å². The average Bonchev–Trinajstić information content (AvgIpc) is 1.15. The summed E-state index contributed by atoms with van der Waals surface area (Å²) in [6, 6.07) is 21.2. The lowest BCUT2D eigenvalue weighted by atomic mass is 10.1. The Labute approximate surface area is 717 Å². The highest BCUT2D eigenvalue weighted by atomic mass is 16.5. The van der Waals surface area contributed by atoms with Crippen molar-refractivity contribution in [2.45, 2.75) is 111 Å². The molecule has 127 heavy (non-hydrogen) atoms. The lowest BCUT2D eigenvalue weighted by Crippen LogP contribution is -2.48. The second kappa shape index (κ2) is 43.0. The first kappa shape index (κ1) is 96.2. The Bertz CT molecular complexity index is 6100. The minimum Gasteiger partial charge on any atom is -0.425 e. The Morgan fingerprint density at radius 1 is 0.299 bits per heavy atom. The summed E-state index contributed by atoms with van der Waals surface area (Å²) < 4.78 is 0.657. The zero-order valence-electron chi connectivity index (χ0n) is 68.0. The number of carbonyl (C=O) groups is 11. The quantitative estimate of drug-likeness (QED) is 0.0888. The fourth-order valence-corrected chi connectivity index (χ4v) is 13.3. The number of fused-ring (bicyclic) bond motifs is 4. The van der Waals surface area contributed by atoms with Gasteiger partial charge in [-0.1, -0.05) is 38.3 Å². The van der Waals surface area contributed by atoms with Crippen LogP contribution in [0.1, 0.15) is 207 Å². The number of rotatable bonds is 4. The monoisotopic (exact) mass is 1770 g/mol. The van der Waals surface area contributed by atoms with E-state index in [0.29, 0.717) is 0 Å². The predicted molar refractivity (Wildman–Crippen MR) is 442 cm³/mol. The highest BCUT2D eigenvalue weighted by Gasteiger charge is 2.32. The second-order valence-electron chi connectivity index (χ2n) is 28.7. The summed E-state index contributed by atoms with van der Waals surface area (Å²) in [7, 11) is 0. The van der Waals surface area contributed by atoms with E-state index >= 15 is 0 Å². The zero-order valence-corrected chi connectivity index (χ0v) is 68.0. The summed E-state index contributed by atoms with van der Waals surface area (Å²) in [5, 5.41) is 103. The summed E-state index contributed by atoms with van der Waals surface area (Å²) >= 11 is 0. The number of hydrogen-bond acceptors (Lipinski definition) is 28. The number of carbonyl (C=O) groups excluding carboxylic acids is 11. The minimum atomic E-state index is -1.31. The highest BCUT2D eigenvalue weighted by molar-refractivity contribution is 6.00. The van der Waals surface area contributed by atoms with Gasteiger partial charge in [0.25, 0.3) is 109 Å². The maximum absolute atomic E-state index is 13.8. The largest absolute Gasteiger partial charge is 0.425 e. The molecule has 47 nitrogen and oxygen atoms in total. The van der Waals surface area contributed by atoms with Crippen LogP contribution in [0.15, 0.2) is 166 Å². The van der Waals surface area contributed by atoms with Crippen molar-refractivity contribution >= 4 is 70.7 Å². The lowest BCUT2D eigenvalue weighted by molar-refractivity contribution is 0.0597. The molecule has 8 bridgehead atoms. The Morgan fingerprint density at radius 2 is 0.559 bits per heavy atom. The van der Waals surface area contributed by atoms with Crippen LogP contribution >= 0.6 is 0 Å². The first-order chi connectivity index (χ1) is 59.8. The molecule has 6 aliphatic heterocycles. The molecule has 0 spiro atoms. The molecule has 0 saturated carbocycles. The summed E-state index contributed by atoms with van der Waals surface area (Å²) in [5.74, 6) is -10.1. The molecule has 0 saturated heterocycles. The average molecular weight is 1770 g/mol. The Hall–Kier alpha value is -16.3. The molecule has 6 aliphatic rings. The van der Waals surface area contributed by atoms with Gasteiger partial charge in [-0.05, 0) is 152 Å². The van der Waals surface area contributed by atoms with Crippen LogP contribution in [0.25, 0.3) is 5.70 Å². The molecule has 0 radical (unpaired) electrons. The molecule has 4 atom stereocenters. The van der Waals surface area contributed by atoms with Gasteiger partial charge in [-0.25, -0.2) is 0 Å². The van der Waals surface area contributed by atoms with Gasteiger partial charge in [-0.3, -0.25) is 91.1 Å². The maximum atomic E-state index is 13.8. The van der Waals surface area contributed by atoms with E-state index in [-0.39, 0.29) is 196 Å². The normalized spacial score (nSPS) is 17.5. The summed E-state index contributed by atoms with van der Waals surface area (Å²) in [6.45, 7) is 9.39. The number of aromatic nitrogens is 8. The van der Waals surface area contributed by atoms with Crippen LogP contribution in [0.4, 0.5) is 0 Å². The van der Waals surface area contributed by atoms with Gasteiger partial charge in [0.1, 0.15) is 62.2 Å². The van der Waals surface area contributed by atoms with Crippen molar-refractivity contribution < 1.29 is 94.4 Å². The van der Waals surface area contributed by atoms with Gasteiger partial charge in [0.15, 0.2) is 0 Å². The smallest absolute Gasteiger partial charge is 0.296 e. The van der Waals surface area contributed by atoms with E-state index in [1.165, 1.54) is 88.0 Å². The molecule has 0 aromatic carbocycles. The van der Waals surface area contributed by atoms with E-state index in [1.54, 1.807) is 13.8 Å². The molecule has 14 rings (SSSR count). The van der Waals surface area contributed by atoms with Crippen LogP contribution < -0.4 is 87.0 Å². The summed E-state index contributed by atoms with van der Waals surface area (Å²) in [5.41, 5.74) is -14.0. The first-order valence-corrected chi connectivity index (χ1v) is 39.0. The van der Waals surface area contributed by atoms with Gasteiger partial charge in [0.05, 0.1) is 17.9 Å². The maximum Gasteiger partial charge on any atom is 0.296 e. The highest BCUT2D eigenvalue weighted by Crippen LogP contribution is 2.19. The SMILES string of the molecule is C.C=C1NCCCN(C(=O)c2cccc(=O)n2O)CCCC(C)N(C(=O)c2cccc(=O)n2O)CCCNC(=O)c2ccc(n(O)c2=O)C(=O)NC(C)NC(=O)c2ccc1c(=O)n2O.CC1NC(=O)c2ccc(n(O)c2=O)C(=O)NCCCN(C(=O)c2cccc(=O)n2O)CCCC(C)N(C(=O)c2cccc(=O)n2O)CCCNC(=O)c2ccc(c(=O)n2O)C(=O)N1. The van der Waals surface area contributed by atoms with Gasteiger partial charge in [0, 0.05) is 107 Å². The fourth-order valence-electron chi connectivity index (χ4n) is 13.3. The molecule has 8 aromatic rings. The first-order valence-electron chi connectivity index (χ1n) is 39.0. The van der Waals surface area contributed by atoms with Gasteiger partial charge < -0.3 is 104 Å². The fraction of sp³-hybridized carbons (Fsp3) is 0.338. The second-order valence-corrected chi connectivity index (χ2v) is 28.7. The molecule has 47 heteroatoms. The summed E-state index contributed by atoms with van der Waals surface area (Å²) in [6.07, 6.45) is -1.15. The third-order valence-electron chi connectivity index (χ3n) is 20.0. The Balaban J connectivity index is 0.000000312. The van der Waals surface area contributed by atoms with E-state index in [1.807, 2.05) is 0 Å². The molecule has 16 N–H and O–H groups in total. The molecule has 4 unspecified atom stereocenters. The van der Waals surface area contributed by atoms with Crippen LogP contribution in [-0.4, -0.2) is 254 Å². The van der Waals surface area contributed by atoms with E-state index in [9.17, 15) is 133 Å². The minimum absolute atomic E-state index is 0. The number of nitrogens with one attached hydrogen (secondary N) is 8. The Kier molecular flexibility index (Phi) is 32.5. The van der Waals surface area contributed by atoms with E-state index in [0.717, 1.165) is 66.7 Å². The molecule has 14 heterocycles. The standard InChI is InChI=1S/C40H46N10O13.C39H44N10O14.CH4/c1-23-9-6-20-45(39(58)30-10-4-12-32(51)47(30)60)21-7-18-41-24(2)26-14-16-28(49(62)37(26)56)35(54)43-25(3)44-36(55)29-17-15-27(38(57)50(29)63)34(53)42-19-8-22-46(23)40(59)31-11-5-13-33(52)48(31)61;1-22-8-5-19-44(38(58)28-9-3-11-30(50)46(28)60)20-6-17-40-34(54)26-15-13-24(36(56)48(26)62)32(52)42-23(2)43-33(53)25-14-16-27(49(63)37(25)57)35(55)41-18-7-21-45(22)39(59)29-10-4-12-31(51)47(29)61;/h4-5,10-17,23,25,41,60-63H,2,6-9,18-22H2,1,3H3,(H,42,53)(H,43,54)(H,44,55);3-4,9-16,22-23,60-63H,5-8,17-21H2,1-2H3,(H,40,54)(H,41,55)(H,42,52)(H,43,53);1H4. The Morgan fingerprint density at radius 3 is 0.898 bits per heavy atom. The molecule has 8 aromatic heterocycles. The number of hydrogen-bond donors (Lipinski definition) is 16. The summed E-state index contributed by atoms with van der Waals surface area (Å²) in [4.78, 5) is 252. The molecular weight excluding hydrogens is 1670 g/mol. The topological polar surface area (TPSA) is 635 Å². The van der Waals surface area contributed by atoms with Crippen molar-refractivity contribution in [3.8, 4) is 0 Å². The van der Waals surface area contributed by atoms with Gasteiger partial charge >= 0.3 is 0 Å². The van der Waals surface area contributed by atoms with Crippen molar-refractivity contribution in [3.05, 3.63) is 279 Å². The molecule has 11 amide bonds. The van der Waals surface area contributed by atoms with E-state index in [2.05, 4.69) is 49.1 Å². The van der Waals surface area contributed by atoms with Crippen molar-refractivity contribution in [1.29, 1.82) is 0 Å². The van der Waals surface area contributed by atoms with Crippen LogP contribution in [0, 0.1) is 0 Å². The molecule has 0 aliphatic carbocycles. The van der Waals surface area contributed by atoms with Crippen molar-refractivity contribution in [2.75, 3.05) is 65.4 Å². The van der Waals surface area contributed by atoms with E-state index in [4.69, 9.17) is 0 Å². The zero-order chi connectivity index (χ0) is 92.2. The van der Waals surface area contributed by atoms with E-state index < -0.39 is 173 Å². The van der Waals surface area contributed by atoms with Crippen molar-refractivity contribution in [1.82, 2.24) is 100.0 Å². The molecule has 676 valence electrons. The number of pyridine rings is 8. The number of amides is 11. The van der Waals surface area contributed by atoms with Gasteiger partial charge in [-0.15, -0.1) is 37.8 Å². The van der Waals surface area contributed by atoms with Crippen molar-refractivity contribution in [3.63, 3.8) is 0 Å². The molecular formula is C80H94N20O27. The third kappa shape index (κ3) is 22.9. The van der Waals surface area contributed by atoms with Crippen LogP contribution in [-0.2, 0) is 0 Å². The number of nitrogens with zero attached hydrogens (tertiary/aromatic N) is 12. The third-order valence-corrected chi connectivity index (χ3v) is 20.0. The van der Waals surface area contributed by atoms with Crippen molar-refractivity contribution in [2.24, 2.45) is 0 Å². The predicted octanol–water partition coefficient (Wildman–Crippen LogP) is -1.54. The van der Waals surface area contributed by atoms with Gasteiger partial charge in [-0.2, -0.15) is 0 Å². The lowest BCUT2D eigenvalue weighted by Gasteiger charge is -2.31. The van der Waals surface area contributed by atoms with Crippen LogP contribution in [0.5, 0.6) is 0 Å². The van der Waals surface area contributed by atoms with Crippen LogP contribution in [0.2, 0.25) is 0 Å².